The van der Waals surface area contributed by atoms with Gasteiger partial charge in [0.25, 0.3) is 0 Å². The van der Waals surface area contributed by atoms with E-state index < -0.39 is 28.5 Å². The lowest BCUT2D eigenvalue weighted by Gasteiger charge is -2.33. The quantitative estimate of drug-likeness (QED) is 0.443. The maximum Gasteiger partial charge on any atom is 0.244 e. The standard InChI is InChI=1S/C25H33Cl2N3O4S/c1-6-18(4)28-25(32)23(7-2)29(15-19-10-8-17(3)9-11-19)24(31)16-30(35(5,33)34)22-13-20(26)12-21(27)14-22/h8-14,18,23H,6-7,15-16H2,1-5H3,(H,28,32)/t18-,23+/m1/s1. The molecule has 0 spiro atoms. The SMILES string of the molecule is CC[C@@H](C)NC(=O)[C@H](CC)N(Cc1ccc(C)cc1)C(=O)CN(c1cc(Cl)cc(Cl)c1)S(C)(=O)=O. The Morgan fingerprint density at radius 1 is 1.00 bits per heavy atom. The fourth-order valence-electron chi connectivity index (χ4n) is 3.55. The lowest BCUT2D eigenvalue weighted by atomic mass is 10.1. The summed E-state index contributed by atoms with van der Waals surface area (Å²) in [5.41, 5.74) is 2.07. The second kappa shape index (κ2) is 12.6. The average Bonchev–Trinajstić information content (AvgIpc) is 2.76. The molecule has 0 unspecified atom stereocenters. The number of benzene rings is 2. The Kier molecular flexibility index (Phi) is 10.4. The van der Waals surface area contributed by atoms with E-state index in [4.69, 9.17) is 23.2 Å². The number of nitrogens with zero attached hydrogens (tertiary/aromatic N) is 2. The largest absolute Gasteiger partial charge is 0.352 e. The molecule has 0 aromatic heterocycles. The maximum atomic E-state index is 13.6. The number of sulfonamides is 1. The van der Waals surface area contributed by atoms with Crippen LogP contribution in [-0.4, -0.2) is 50.0 Å². The smallest absolute Gasteiger partial charge is 0.244 e. The number of hydrogen-bond acceptors (Lipinski definition) is 4. The number of anilines is 1. The third kappa shape index (κ3) is 8.40. The van der Waals surface area contributed by atoms with E-state index in [1.54, 1.807) is 0 Å². The second-order valence-corrected chi connectivity index (χ2v) is 11.4. The number of amides is 2. The monoisotopic (exact) mass is 541 g/mol. The van der Waals surface area contributed by atoms with Gasteiger partial charge in [-0.25, -0.2) is 8.42 Å². The summed E-state index contributed by atoms with van der Waals surface area (Å²) in [5.74, 6) is -0.794. The van der Waals surface area contributed by atoms with Gasteiger partial charge < -0.3 is 10.2 Å². The van der Waals surface area contributed by atoms with Crippen molar-refractivity contribution in [2.24, 2.45) is 0 Å². The van der Waals surface area contributed by atoms with Crippen LogP contribution >= 0.6 is 23.2 Å². The van der Waals surface area contributed by atoms with E-state index >= 15 is 0 Å². The molecular formula is C25H33Cl2N3O4S. The minimum absolute atomic E-state index is 0.0611. The van der Waals surface area contributed by atoms with Gasteiger partial charge in [0, 0.05) is 22.6 Å². The van der Waals surface area contributed by atoms with Gasteiger partial charge in [-0.05, 0) is 50.5 Å². The fourth-order valence-corrected chi connectivity index (χ4v) is 4.90. The molecule has 7 nitrogen and oxygen atoms in total. The van der Waals surface area contributed by atoms with Gasteiger partial charge in [0.05, 0.1) is 11.9 Å². The first-order chi connectivity index (χ1) is 16.3. The minimum Gasteiger partial charge on any atom is -0.352 e. The Bertz CT molecular complexity index is 1120. The van der Waals surface area contributed by atoms with Crippen molar-refractivity contribution in [3.63, 3.8) is 0 Å². The van der Waals surface area contributed by atoms with Crippen LogP contribution in [0.25, 0.3) is 0 Å². The molecule has 0 aliphatic carbocycles. The summed E-state index contributed by atoms with van der Waals surface area (Å²) in [6.07, 6.45) is 2.11. The van der Waals surface area contributed by atoms with E-state index in [9.17, 15) is 18.0 Å². The molecular weight excluding hydrogens is 509 g/mol. The average molecular weight is 543 g/mol. The number of aryl methyl sites for hydroxylation is 1. The van der Waals surface area contributed by atoms with E-state index in [-0.39, 0.29) is 34.2 Å². The van der Waals surface area contributed by atoms with Gasteiger partial charge in [-0.1, -0.05) is 66.9 Å². The van der Waals surface area contributed by atoms with Crippen molar-refractivity contribution in [2.75, 3.05) is 17.1 Å². The normalized spacial score (nSPS) is 13.1. The van der Waals surface area contributed by atoms with Gasteiger partial charge in [-0.2, -0.15) is 0 Å². The van der Waals surface area contributed by atoms with Gasteiger partial charge in [-0.15, -0.1) is 0 Å². The third-order valence-corrected chi connectivity index (χ3v) is 7.25. The summed E-state index contributed by atoms with van der Waals surface area (Å²) in [6.45, 7) is 7.28. The van der Waals surface area contributed by atoms with Gasteiger partial charge in [0.2, 0.25) is 21.8 Å². The Labute approximate surface area is 218 Å². The van der Waals surface area contributed by atoms with Crippen molar-refractivity contribution in [3.05, 3.63) is 63.6 Å². The highest BCUT2D eigenvalue weighted by Crippen LogP contribution is 2.27. The molecule has 0 heterocycles. The highest BCUT2D eigenvalue weighted by Gasteiger charge is 2.32. The van der Waals surface area contributed by atoms with Crippen LogP contribution in [0.2, 0.25) is 10.0 Å². The summed E-state index contributed by atoms with van der Waals surface area (Å²) in [5, 5.41) is 3.42. The highest BCUT2D eigenvalue weighted by molar-refractivity contribution is 7.92. The van der Waals surface area contributed by atoms with Crippen molar-refractivity contribution >= 4 is 50.7 Å². The van der Waals surface area contributed by atoms with E-state index in [1.165, 1.54) is 23.1 Å². The maximum absolute atomic E-state index is 13.6. The molecule has 2 aromatic rings. The minimum atomic E-state index is -3.87. The zero-order valence-electron chi connectivity index (χ0n) is 20.7. The summed E-state index contributed by atoms with van der Waals surface area (Å²) < 4.78 is 26.3. The van der Waals surface area contributed by atoms with Crippen molar-refractivity contribution in [3.8, 4) is 0 Å². The van der Waals surface area contributed by atoms with Gasteiger partial charge >= 0.3 is 0 Å². The second-order valence-electron chi connectivity index (χ2n) is 8.65. The highest BCUT2D eigenvalue weighted by atomic mass is 35.5. The summed E-state index contributed by atoms with van der Waals surface area (Å²) in [7, 11) is -3.87. The molecule has 2 rings (SSSR count). The van der Waals surface area contributed by atoms with Crippen LogP contribution in [0.4, 0.5) is 5.69 Å². The van der Waals surface area contributed by atoms with Crippen LogP contribution in [0.1, 0.15) is 44.7 Å². The van der Waals surface area contributed by atoms with E-state index in [2.05, 4.69) is 5.32 Å². The van der Waals surface area contributed by atoms with Crippen LogP contribution in [0.5, 0.6) is 0 Å². The molecule has 0 fully saturated rings. The van der Waals surface area contributed by atoms with Gasteiger partial charge in [0.15, 0.2) is 0 Å². The van der Waals surface area contributed by atoms with Crippen LogP contribution in [0.15, 0.2) is 42.5 Å². The Morgan fingerprint density at radius 2 is 1.57 bits per heavy atom. The molecule has 0 aliphatic heterocycles. The van der Waals surface area contributed by atoms with Gasteiger partial charge in [0.1, 0.15) is 12.6 Å². The summed E-state index contributed by atoms with van der Waals surface area (Å²) in [4.78, 5) is 28.2. The first-order valence-electron chi connectivity index (χ1n) is 11.4. The molecule has 35 heavy (non-hydrogen) atoms. The predicted octanol–water partition coefficient (Wildman–Crippen LogP) is 4.79. The third-order valence-electron chi connectivity index (χ3n) is 5.67. The van der Waals surface area contributed by atoms with Crippen molar-refractivity contribution < 1.29 is 18.0 Å². The van der Waals surface area contributed by atoms with Crippen LogP contribution < -0.4 is 9.62 Å². The molecule has 2 atom stereocenters. The molecule has 0 saturated carbocycles. The molecule has 192 valence electrons. The Hall–Kier alpha value is -2.29. The molecule has 10 heteroatoms. The van der Waals surface area contributed by atoms with Crippen molar-refractivity contribution in [2.45, 2.75) is 59.2 Å². The summed E-state index contributed by atoms with van der Waals surface area (Å²) in [6, 6.07) is 11.1. The van der Waals surface area contributed by atoms with Crippen LogP contribution in [-0.2, 0) is 26.2 Å². The Balaban J connectivity index is 2.46. The molecule has 2 amide bonds. The number of nitrogens with one attached hydrogen (secondary N) is 1. The van der Waals surface area contributed by atoms with Crippen LogP contribution in [0, 0.1) is 6.92 Å². The lowest BCUT2D eigenvalue weighted by molar-refractivity contribution is -0.140. The first-order valence-corrected chi connectivity index (χ1v) is 14.0. The first kappa shape index (κ1) is 28.9. The van der Waals surface area contributed by atoms with E-state index in [0.29, 0.717) is 6.42 Å². The van der Waals surface area contributed by atoms with Crippen molar-refractivity contribution in [1.82, 2.24) is 10.2 Å². The summed E-state index contributed by atoms with van der Waals surface area (Å²) >= 11 is 12.2. The topological polar surface area (TPSA) is 86.8 Å². The molecule has 0 aliphatic rings. The number of carbonyl (C=O) groups excluding carboxylic acids is 2. The Morgan fingerprint density at radius 3 is 2.06 bits per heavy atom. The van der Waals surface area contributed by atoms with E-state index in [0.717, 1.165) is 28.1 Å². The number of rotatable bonds is 11. The molecule has 1 N–H and O–H groups in total. The number of carbonyl (C=O) groups is 2. The zero-order valence-corrected chi connectivity index (χ0v) is 23.0. The zero-order chi connectivity index (χ0) is 26.3. The van der Waals surface area contributed by atoms with Crippen molar-refractivity contribution in [1.29, 1.82) is 0 Å². The molecule has 0 saturated heterocycles. The fraction of sp³-hybridized carbons (Fsp3) is 0.440. The number of halogens is 2. The predicted molar refractivity (Wildman–Crippen MR) is 142 cm³/mol. The molecule has 0 radical (unpaired) electrons. The number of hydrogen-bond donors (Lipinski definition) is 1. The lowest BCUT2D eigenvalue weighted by Crippen LogP contribution is -2.53. The molecule has 2 aromatic carbocycles. The van der Waals surface area contributed by atoms with Crippen LogP contribution in [0.3, 0.4) is 0 Å². The van der Waals surface area contributed by atoms with Gasteiger partial charge in [-0.3, -0.25) is 13.9 Å². The molecule has 0 bridgehead atoms. The van der Waals surface area contributed by atoms with E-state index in [1.807, 2.05) is 52.0 Å².